The predicted molar refractivity (Wildman–Crippen MR) is 54.8 cm³/mol. The molecule has 0 aromatic rings. The monoisotopic (exact) mass is 261 g/mol. The van der Waals surface area contributed by atoms with E-state index in [1.54, 1.807) is 6.92 Å². The Morgan fingerprint density at radius 1 is 1.38 bits per heavy atom. The van der Waals surface area contributed by atoms with Crippen LogP contribution >= 0.6 is 0 Å². The lowest BCUT2D eigenvalue weighted by atomic mass is 10.4. The van der Waals surface area contributed by atoms with Crippen molar-refractivity contribution in [3.05, 3.63) is 5.50 Å². The van der Waals surface area contributed by atoms with Crippen molar-refractivity contribution in [2.75, 3.05) is 19.3 Å². The highest BCUT2D eigenvalue weighted by molar-refractivity contribution is 7.94. The zero-order valence-corrected chi connectivity index (χ0v) is 10.0. The highest BCUT2D eigenvalue weighted by Crippen LogP contribution is 2.20. The Labute approximate surface area is 93.5 Å². The van der Waals surface area contributed by atoms with Gasteiger partial charge in [-0.2, -0.15) is 13.2 Å². The summed E-state index contributed by atoms with van der Waals surface area (Å²) in [4.78, 5) is 0.505. The van der Waals surface area contributed by atoms with E-state index in [0.717, 1.165) is 7.05 Å². The van der Waals surface area contributed by atoms with E-state index in [2.05, 4.69) is 0 Å². The number of nitrogens with two attached hydrogens (primary N) is 1. The highest BCUT2D eigenvalue weighted by atomic mass is 32.2. The number of halogens is 3. The molecule has 0 spiro atoms. The van der Waals surface area contributed by atoms with Crippen molar-refractivity contribution in [1.29, 1.82) is 0 Å². The quantitative estimate of drug-likeness (QED) is 0.777. The van der Waals surface area contributed by atoms with E-state index >= 15 is 0 Å². The first-order valence-corrected chi connectivity index (χ1v) is 6.38. The predicted octanol–water partition coefficient (Wildman–Crippen LogP) is 1.10. The van der Waals surface area contributed by atoms with Gasteiger partial charge in [0.2, 0.25) is 5.50 Å². The molecule has 0 aliphatic carbocycles. The molecular formula is C8H16F3N2O2S. The van der Waals surface area contributed by atoms with Gasteiger partial charge in [-0.1, -0.05) is 13.3 Å². The molecule has 0 heterocycles. The minimum atomic E-state index is -4.47. The summed E-state index contributed by atoms with van der Waals surface area (Å²) in [7, 11) is -2.77. The first kappa shape index (κ1) is 15.7. The number of hydrogen-bond donors (Lipinski definition) is 1. The van der Waals surface area contributed by atoms with Crippen LogP contribution in [0.1, 0.15) is 19.8 Å². The van der Waals surface area contributed by atoms with Gasteiger partial charge in [-0.05, 0) is 13.5 Å². The molecule has 0 aliphatic heterocycles. The second-order valence-corrected chi connectivity index (χ2v) is 5.54. The van der Waals surface area contributed by atoms with Crippen LogP contribution in [-0.2, 0) is 9.84 Å². The molecule has 0 aliphatic rings. The summed E-state index contributed by atoms with van der Waals surface area (Å²) in [6.07, 6.45) is -3.46. The molecule has 8 heteroatoms. The Bertz CT molecular complexity index is 303. The summed E-state index contributed by atoms with van der Waals surface area (Å²) in [6, 6.07) is 0. The van der Waals surface area contributed by atoms with Crippen molar-refractivity contribution >= 4 is 9.84 Å². The maximum Gasteiger partial charge on any atom is 0.401 e. The lowest BCUT2D eigenvalue weighted by molar-refractivity contribution is -0.140. The van der Waals surface area contributed by atoms with Crippen LogP contribution in [0.5, 0.6) is 0 Å². The van der Waals surface area contributed by atoms with Crippen molar-refractivity contribution in [2.45, 2.75) is 25.9 Å². The normalized spacial score (nSPS) is 13.8. The third-order valence-corrected chi connectivity index (χ3v) is 3.65. The van der Waals surface area contributed by atoms with Crippen molar-refractivity contribution in [3.63, 3.8) is 0 Å². The first-order chi connectivity index (χ1) is 7.10. The summed E-state index contributed by atoms with van der Waals surface area (Å²) in [5.41, 5.74) is 4.47. The molecular weight excluding hydrogens is 245 g/mol. The number of alkyl halides is 3. The zero-order valence-electron chi connectivity index (χ0n) is 9.21. The van der Waals surface area contributed by atoms with Crippen molar-refractivity contribution in [1.82, 2.24) is 4.90 Å². The van der Waals surface area contributed by atoms with Crippen molar-refractivity contribution < 1.29 is 21.6 Å². The molecule has 16 heavy (non-hydrogen) atoms. The lowest BCUT2D eigenvalue weighted by Gasteiger charge is -2.23. The Morgan fingerprint density at radius 3 is 2.25 bits per heavy atom. The van der Waals surface area contributed by atoms with Gasteiger partial charge in [-0.15, -0.1) is 0 Å². The minimum Gasteiger partial charge on any atom is -0.297 e. The molecule has 1 radical (unpaired) electrons. The van der Waals surface area contributed by atoms with E-state index < -0.39 is 28.1 Å². The third-order valence-electron chi connectivity index (χ3n) is 1.88. The SMILES string of the molecule is CCCCS(=O)(=O)[C](N)N(C)CC(F)(F)F. The number of nitrogens with zero attached hydrogens (tertiary/aromatic N) is 1. The van der Waals surface area contributed by atoms with Gasteiger partial charge < -0.3 is 0 Å². The van der Waals surface area contributed by atoms with E-state index in [9.17, 15) is 21.6 Å². The van der Waals surface area contributed by atoms with E-state index in [1.165, 1.54) is 0 Å². The number of rotatable bonds is 6. The Balaban J connectivity index is 4.48. The number of unbranched alkanes of at least 4 members (excludes halogenated alkanes) is 1. The maximum atomic E-state index is 12.0. The van der Waals surface area contributed by atoms with E-state index in [4.69, 9.17) is 5.73 Å². The van der Waals surface area contributed by atoms with Gasteiger partial charge in [-0.25, -0.2) is 8.42 Å². The molecule has 4 nitrogen and oxygen atoms in total. The van der Waals surface area contributed by atoms with Crippen molar-refractivity contribution in [2.24, 2.45) is 5.73 Å². The molecule has 0 atom stereocenters. The summed E-state index contributed by atoms with van der Waals surface area (Å²) in [5, 5.41) is 0. The van der Waals surface area contributed by atoms with Gasteiger partial charge in [0.05, 0.1) is 12.3 Å². The van der Waals surface area contributed by atoms with Gasteiger partial charge in [0, 0.05) is 0 Å². The number of sulfone groups is 1. The molecule has 0 fully saturated rings. The maximum absolute atomic E-state index is 12.0. The van der Waals surface area contributed by atoms with E-state index in [-0.39, 0.29) is 5.75 Å². The lowest BCUT2D eigenvalue weighted by Crippen LogP contribution is -2.43. The molecule has 0 aromatic heterocycles. The van der Waals surface area contributed by atoms with Crippen LogP contribution in [0.25, 0.3) is 0 Å². The van der Waals surface area contributed by atoms with Crippen LogP contribution in [0.15, 0.2) is 0 Å². The third kappa shape index (κ3) is 5.66. The second kappa shape index (κ2) is 5.83. The van der Waals surface area contributed by atoms with Gasteiger partial charge in [0.1, 0.15) is 0 Å². The average molecular weight is 261 g/mol. The van der Waals surface area contributed by atoms with Crippen LogP contribution in [0.2, 0.25) is 0 Å². The van der Waals surface area contributed by atoms with Crippen LogP contribution in [0.4, 0.5) is 13.2 Å². The average Bonchev–Trinajstić information content (AvgIpc) is 2.10. The fraction of sp³-hybridized carbons (Fsp3) is 0.875. The topological polar surface area (TPSA) is 63.4 Å². The van der Waals surface area contributed by atoms with Crippen LogP contribution in [0.3, 0.4) is 0 Å². The second-order valence-electron chi connectivity index (χ2n) is 3.48. The first-order valence-electron chi connectivity index (χ1n) is 4.73. The van der Waals surface area contributed by atoms with Gasteiger partial charge in [-0.3, -0.25) is 10.6 Å². The largest absolute Gasteiger partial charge is 0.401 e. The molecule has 2 N–H and O–H groups in total. The smallest absolute Gasteiger partial charge is 0.297 e. The summed E-state index contributed by atoms with van der Waals surface area (Å²) in [5.74, 6) is -0.225. The van der Waals surface area contributed by atoms with Gasteiger partial charge in [0.15, 0.2) is 9.84 Å². The molecule has 97 valence electrons. The highest BCUT2D eigenvalue weighted by Gasteiger charge is 2.35. The minimum absolute atomic E-state index is 0.225. The molecule has 0 saturated carbocycles. The van der Waals surface area contributed by atoms with Crippen LogP contribution in [0, 0.1) is 5.50 Å². The Kier molecular flexibility index (Phi) is 5.71. The molecule has 0 rings (SSSR count). The molecule has 0 amide bonds. The molecule has 0 saturated heterocycles. The summed E-state index contributed by atoms with van der Waals surface area (Å²) >= 11 is 0. The standard InChI is InChI=1S/C8H16F3N2O2S/c1-3-4-5-16(14,15)7(12)13(2)6-8(9,10)11/h3-6,12H2,1-2H3. The Morgan fingerprint density at radius 2 is 1.88 bits per heavy atom. The van der Waals surface area contributed by atoms with Gasteiger partial charge >= 0.3 is 6.18 Å². The van der Waals surface area contributed by atoms with Gasteiger partial charge in [0.25, 0.3) is 0 Å². The van der Waals surface area contributed by atoms with Crippen molar-refractivity contribution in [3.8, 4) is 0 Å². The fourth-order valence-corrected chi connectivity index (χ4v) is 2.44. The van der Waals surface area contributed by atoms with Crippen LogP contribution < -0.4 is 5.73 Å². The summed E-state index contributed by atoms with van der Waals surface area (Å²) in [6.45, 7) is 0.412. The van der Waals surface area contributed by atoms with E-state index in [0.29, 0.717) is 17.7 Å². The summed E-state index contributed by atoms with van der Waals surface area (Å²) < 4.78 is 58.9. The Hall–Kier alpha value is -0.340. The van der Waals surface area contributed by atoms with Crippen LogP contribution in [-0.4, -0.2) is 38.8 Å². The molecule has 0 unspecified atom stereocenters. The molecule has 0 aromatic carbocycles. The zero-order chi connectivity index (χ0) is 13.0. The molecule has 0 bridgehead atoms. The fourth-order valence-electron chi connectivity index (χ4n) is 1.02. The number of hydrogen-bond acceptors (Lipinski definition) is 4. The van der Waals surface area contributed by atoms with E-state index in [1.807, 2.05) is 0 Å².